The Morgan fingerprint density at radius 3 is 2.70 bits per heavy atom. The van der Waals surface area contributed by atoms with Gasteiger partial charge in [0.1, 0.15) is 5.75 Å². The quantitative estimate of drug-likeness (QED) is 0.567. The van der Waals surface area contributed by atoms with E-state index in [4.69, 9.17) is 9.47 Å². The zero-order chi connectivity index (χ0) is 21.7. The lowest BCUT2D eigenvalue weighted by atomic mass is 9.95. The highest BCUT2D eigenvalue weighted by atomic mass is 32.1. The summed E-state index contributed by atoms with van der Waals surface area (Å²) in [6, 6.07) is 10.1. The van der Waals surface area contributed by atoms with E-state index in [2.05, 4.69) is 13.8 Å². The van der Waals surface area contributed by atoms with Crippen LogP contribution in [0.15, 0.2) is 53.1 Å². The van der Waals surface area contributed by atoms with Crippen LogP contribution in [0.25, 0.3) is 0 Å². The summed E-state index contributed by atoms with van der Waals surface area (Å²) in [7, 11) is 1.55. The molecular formula is C23H27NO5S. The monoisotopic (exact) mass is 429 g/mol. The number of Topliss-reactive ketones (excluding diaryl/α,β-unsaturated/α-hetero) is 1. The Kier molecular flexibility index (Phi) is 7.29. The average molecular weight is 430 g/mol. The van der Waals surface area contributed by atoms with E-state index in [1.54, 1.807) is 24.6 Å². The molecule has 1 unspecified atom stereocenters. The van der Waals surface area contributed by atoms with Crippen molar-refractivity contribution in [2.75, 3.05) is 26.9 Å². The third kappa shape index (κ3) is 4.74. The zero-order valence-electron chi connectivity index (χ0n) is 17.5. The summed E-state index contributed by atoms with van der Waals surface area (Å²) in [5.74, 6) is -0.211. The van der Waals surface area contributed by atoms with Gasteiger partial charge in [-0.2, -0.15) is 0 Å². The standard InChI is InChI=1S/C23H27NO5S/c1-15(2)9-11-29-17-7-4-6-16(14-17)20-19(21(25)18-8-5-13-30-18)22(26)23(27)24(20)10-12-28-3/h4-8,13-15,20,26H,9-12H2,1-3H3. The number of aliphatic hydroxyl groups excluding tert-OH is 1. The van der Waals surface area contributed by atoms with Gasteiger partial charge in [0.05, 0.1) is 29.7 Å². The molecule has 160 valence electrons. The number of carbonyl (C=O) groups is 2. The minimum Gasteiger partial charge on any atom is -0.503 e. The molecule has 1 aliphatic heterocycles. The van der Waals surface area contributed by atoms with Gasteiger partial charge in [-0.1, -0.05) is 32.0 Å². The van der Waals surface area contributed by atoms with Crippen LogP contribution < -0.4 is 4.74 Å². The first kappa shape index (κ1) is 22.1. The molecule has 0 aliphatic carbocycles. The number of ether oxygens (including phenoxy) is 2. The van der Waals surface area contributed by atoms with Crippen molar-refractivity contribution in [1.82, 2.24) is 4.90 Å². The first-order valence-corrected chi connectivity index (χ1v) is 10.9. The summed E-state index contributed by atoms with van der Waals surface area (Å²) in [6.07, 6.45) is 0.926. The molecule has 2 heterocycles. The number of nitrogens with zero attached hydrogens (tertiary/aromatic N) is 1. The highest BCUT2D eigenvalue weighted by Gasteiger charge is 2.43. The van der Waals surface area contributed by atoms with E-state index in [9.17, 15) is 14.7 Å². The fourth-order valence-corrected chi connectivity index (χ4v) is 4.06. The number of methoxy groups -OCH3 is 1. The van der Waals surface area contributed by atoms with E-state index in [0.717, 1.165) is 6.42 Å². The molecule has 1 amide bonds. The highest BCUT2D eigenvalue weighted by Crippen LogP contribution is 2.40. The summed E-state index contributed by atoms with van der Waals surface area (Å²) in [4.78, 5) is 27.9. The molecule has 1 aromatic carbocycles. The van der Waals surface area contributed by atoms with Crippen molar-refractivity contribution in [2.45, 2.75) is 26.3 Å². The number of amides is 1. The normalized spacial score (nSPS) is 16.6. The minimum atomic E-state index is -0.698. The van der Waals surface area contributed by atoms with Crippen molar-refractivity contribution in [3.63, 3.8) is 0 Å². The van der Waals surface area contributed by atoms with Gasteiger partial charge in [0, 0.05) is 13.7 Å². The molecule has 1 N–H and O–H groups in total. The summed E-state index contributed by atoms with van der Waals surface area (Å²) in [6.45, 7) is 5.39. The summed E-state index contributed by atoms with van der Waals surface area (Å²) in [5.41, 5.74) is 0.809. The number of carbonyl (C=O) groups excluding carboxylic acids is 2. The zero-order valence-corrected chi connectivity index (χ0v) is 18.3. The van der Waals surface area contributed by atoms with E-state index >= 15 is 0 Å². The fourth-order valence-electron chi connectivity index (χ4n) is 3.38. The molecule has 30 heavy (non-hydrogen) atoms. The molecule has 0 radical (unpaired) electrons. The Morgan fingerprint density at radius 1 is 1.23 bits per heavy atom. The van der Waals surface area contributed by atoms with E-state index in [1.807, 2.05) is 24.3 Å². The number of ketones is 1. The minimum absolute atomic E-state index is 0.0953. The third-order valence-electron chi connectivity index (χ3n) is 4.97. The topological polar surface area (TPSA) is 76.1 Å². The molecule has 2 aromatic rings. The van der Waals surface area contributed by atoms with Gasteiger partial charge in [-0.15, -0.1) is 11.3 Å². The van der Waals surface area contributed by atoms with Crippen molar-refractivity contribution in [3.8, 4) is 5.75 Å². The van der Waals surface area contributed by atoms with Gasteiger partial charge in [0.25, 0.3) is 5.91 Å². The second kappa shape index (κ2) is 9.91. The van der Waals surface area contributed by atoms with Crippen molar-refractivity contribution >= 4 is 23.0 Å². The molecule has 0 bridgehead atoms. The summed E-state index contributed by atoms with van der Waals surface area (Å²) < 4.78 is 11.0. The SMILES string of the molecule is COCCN1C(=O)C(O)=C(C(=O)c2cccs2)C1c1cccc(OCCC(C)C)c1. The molecule has 0 saturated heterocycles. The maximum Gasteiger partial charge on any atom is 0.290 e. The van der Waals surface area contributed by atoms with Crippen LogP contribution in [0.1, 0.15) is 41.5 Å². The molecule has 3 rings (SSSR count). The molecular weight excluding hydrogens is 402 g/mol. The Morgan fingerprint density at radius 2 is 2.03 bits per heavy atom. The Bertz CT molecular complexity index is 919. The first-order valence-electron chi connectivity index (χ1n) is 9.98. The molecule has 6 nitrogen and oxygen atoms in total. The van der Waals surface area contributed by atoms with Crippen molar-refractivity contribution in [3.05, 3.63) is 63.6 Å². The summed E-state index contributed by atoms with van der Waals surface area (Å²) >= 11 is 1.28. The highest BCUT2D eigenvalue weighted by molar-refractivity contribution is 7.12. The Labute approximate surface area is 180 Å². The van der Waals surface area contributed by atoms with Crippen LogP contribution in [-0.4, -0.2) is 48.6 Å². The average Bonchev–Trinajstić information content (AvgIpc) is 3.34. The lowest BCUT2D eigenvalue weighted by Gasteiger charge is -2.26. The number of thiophene rings is 1. The predicted molar refractivity (Wildman–Crippen MR) is 116 cm³/mol. The maximum atomic E-state index is 13.2. The van der Waals surface area contributed by atoms with Gasteiger partial charge in [-0.3, -0.25) is 9.59 Å². The van der Waals surface area contributed by atoms with Crippen LogP contribution in [0.2, 0.25) is 0 Å². The third-order valence-corrected chi connectivity index (χ3v) is 5.84. The number of rotatable bonds is 10. The fraction of sp³-hybridized carbons (Fsp3) is 0.391. The van der Waals surface area contributed by atoms with E-state index in [-0.39, 0.29) is 17.9 Å². The van der Waals surface area contributed by atoms with Crippen molar-refractivity contribution < 1.29 is 24.2 Å². The van der Waals surface area contributed by atoms with E-state index in [0.29, 0.717) is 35.3 Å². The molecule has 1 atom stereocenters. The van der Waals surface area contributed by atoms with Crippen LogP contribution in [0.5, 0.6) is 5.75 Å². The van der Waals surface area contributed by atoms with Gasteiger partial charge in [0.15, 0.2) is 5.76 Å². The van der Waals surface area contributed by atoms with Crippen molar-refractivity contribution in [2.24, 2.45) is 5.92 Å². The van der Waals surface area contributed by atoms with Gasteiger partial charge >= 0.3 is 0 Å². The predicted octanol–water partition coefficient (Wildman–Crippen LogP) is 4.40. The van der Waals surface area contributed by atoms with Crippen LogP contribution in [0, 0.1) is 5.92 Å². The van der Waals surface area contributed by atoms with E-state index in [1.165, 1.54) is 16.2 Å². The molecule has 1 aromatic heterocycles. The maximum absolute atomic E-state index is 13.2. The largest absolute Gasteiger partial charge is 0.503 e. The van der Waals surface area contributed by atoms with Gasteiger partial charge in [-0.05, 0) is 41.5 Å². The first-order chi connectivity index (χ1) is 14.4. The lowest BCUT2D eigenvalue weighted by Crippen LogP contribution is -2.34. The van der Waals surface area contributed by atoms with Crippen LogP contribution in [0.3, 0.4) is 0 Å². The second-order valence-corrected chi connectivity index (χ2v) is 8.51. The van der Waals surface area contributed by atoms with Gasteiger partial charge in [-0.25, -0.2) is 0 Å². The number of benzene rings is 1. The Hall–Kier alpha value is -2.64. The second-order valence-electron chi connectivity index (χ2n) is 7.57. The molecule has 0 fully saturated rings. The lowest BCUT2D eigenvalue weighted by molar-refractivity contribution is -0.130. The van der Waals surface area contributed by atoms with Crippen LogP contribution in [-0.2, 0) is 9.53 Å². The molecule has 0 saturated carbocycles. The number of hydrogen-bond acceptors (Lipinski definition) is 6. The number of hydrogen-bond donors (Lipinski definition) is 1. The van der Waals surface area contributed by atoms with E-state index < -0.39 is 17.7 Å². The van der Waals surface area contributed by atoms with Gasteiger partial charge in [0.2, 0.25) is 5.78 Å². The molecule has 1 aliphatic rings. The Balaban J connectivity index is 1.96. The van der Waals surface area contributed by atoms with Crippen LogP contribution in [0.4, 0.5) is 0 Å². The number of aliphatic hydroxyl groups is 1. The van der Waals surface area contributed by atoms with Crippen molar-refractivity contribution in [1.29, 1.82) is 0 Å². The van der Waals surface area contributed by atoms with Gasteiger partial charge < -0.3 is 19.5 Å². The molecule has 7 heteroatoms. The van der Waals surface area contributed by atoms with Crippen LogP contribution >= 0.6 is 11.3 Å². The summed E-state index contributed by atoms with van der Waals surface area (Å²) in [5, 5.41) is 12.4. The smallest absolute Gasteiger partial charge is 0.290 e. The molecule has 0 spiro atoms.